The SMILES string of the molecule is C[C@H]1CCO[C@@](C)(c2cccs2)O1. The normalized spacial score (nSPS) is 34.8. The van der Waals surface area contributed by atoms with Crippen LogP contribution in [0.1, 0.15) is 25.1 Å². The van der Waals surface area contributed by atoms with Gasteiger partial charge >= 0.3 is 0 Å². The fraction of sp³-hybridized carbons (Fsp3) is 0.600. The van der Waals surface area contributed by atoms with Crippen molar-refractivity contribution in [2.75, 3.05) is 6.61 Å². The van der Waals surface area contributed by atoms with Crippen LogP contribution in [0.3, 0.4) is 0 Å². The van der Waals surface area contributed by atoms with Crippen molar-refractivity contribution in [3.05, 3.63) is 22.4 Å². The van der Waals surface area contributed by atoms with Gasteiger partial charge in [-0.1, -0.05) is 6.07 Å². The second-order valence-electron chi connectivity index (χ2n) is 3.49. The maximum atomic E-state index is 5.81. The van der Waals surface area contributed by atoms with Crippen LogP contribution in [0.25, 0.3) is 0 Å². The highest BCUT2D eigenvalue weighted by Crippen LogP contribution is 2.35. The summed E-state index contributed by atoms with van der Waals surface area (Å²) in [5.41, 5.74) is 0. The minimum atomic E-state index is -0.508. The molecule has 1 saturated heterocycles. The quantitative estimate of drug-likeness (QED) is 0.690. The molecule has 13 heavy (non-hydrogen) atoms. The zero-order valence-corrected chi connectivity index (χ0v) is 8.76. The maximum Gasteiger partial charge on any atom is 0.201 e. The van der Waals surface area contributed by atoms with Crippen LogP contribution in [0, 0.1) is 0 Å². The molecule has 2 heterocycles. The topological polar surface area (TPSA) is 18.5 Å². The zero-order valence-electron chi connectivity index (χ0n) is 7.95. The van der Waals surface area contributed by atoms with E-state index >= 15 is 0 Å². The van der Waals surface area contributed by atoms with Crippen LogP contribution in [-0.4, -0.2) is 12.7 Å². The third kappa shape index (κ3) is 1.77. The van der Waals surface area contributed by atoms with E-state index < -0.39 is 5.79 Å². The fourth-order valence-corrected chi connectivity index (χ4v) is 2.34. The Morgan fingerprint density at radius 2 is 2.46 bits per heavy atom. The molecule has 2 nitrogen and oxygen atoms in total. The first kappa shape index (κ1) is 9.19. The van der Waals surface area contributed by atoms with E-state index in [4.69, 9.17) is 9.47 Å². The Hall–Kier alpha value is -0.380. The van der Waals surface area contributed by atoms with E-state index in [1.54, 1.807) is 11.3 Å². The summed E-state index contributed by atoms with van der Waals surface area (Å²) in [5, 5.41) is 2.05. The Bertz CT molecular complexity index is 270. The van der Waals surface area contributed by atoms with Gasteiger partial charge in [-0.25, -0.2) is 0 Å². The molecule has 1 fully saturated rings. The van der Waals surface area contributed by atoms with Gasteiger partial charge in [0.2, 0.25) is 5.79 Å². The highest BCUT2D eigenvalue weighted by Gasteiger charge is 2.34. The number of ether oxygens (including phenoxy) is 2. The Kier molecular flexibility index (Phi) is 2.41. The van der Waals surface area contributed by atoms with Crippen LogP contribution in [0.15, 0.2) is 17.5 Å². The lowest BCUT2D eigenvalue weighted by atomic mass is 10.2. The monoisotopic (exact) mass is 198 g/mol. The van der Waals surface area contributed by atoms with Crippen molar-refractivity contribution in [2.24, 2.45) is 0 Å². The minimum Gasteiger partial charge on any atom is -0.345 e. The van der Waals surface area contributed by atoms with Crippen LogP contribution in [0.5, 0.6) is 0 Å². The molecule has 0 bridgehead atoms. The number of hydrogen-bond donors (Lipinski definition) is 0. The summed E-state index contributed by atoms with van der Waals surface area (Å²) in [6, 6.07) is 4.08. The van der Waals surface area contributed by atoms with Gasteiger partial charge in [0.05, 0.1) is 17.6 Å². The van der Waals surface area contributed by atoms with Crippen LogP contribution < -0.4 is 0 Å². The van der Waals surface area contributed by atoms with Gasteiger partial charge < -0.3 is 9.47 Å². The van der Waals surface area contributed by atoms with E-state index in [1.165, 1.54) is 0 Å². The van der Waals surface area contributed by atoms with Crippen LogP contribution in [0.4, 0.5) is 0 Å². The summed E-state index contributed by atoms with van der Waals surface area (Å²) in [7, 11) is 0. The third-order valence-corrected chi connectivity index (χ3v) is 3.35. The molecule has 0 spiro atoms. The van der Waals surface area contributed by atoms with Crippen LogP contribution in [0.2, 0.25) is 0 Å². The fourth-order valence-electron chi connectivity index (χ4n) is 1.56. The smallest absolute Gasteiger partial charge is 0.201 e. The number of thiophene rings is 1. The summed E-state index contributed by atoms with van der Waals surface area (Å²) in [5.74, 6) is -0.508. The molecule has 1 aromatic heterocycles. The highest BCUT2D eigenvalue weighted by atomic mass is 32.1. The molecule has 0 aromatic carbocycles. The van der Waals surface area contributed by atoms with Crippen molar-refractivity contribution in [1.82, 2.24) is 0 Å². The number of rotatable bonds is 1. The van der Waals surface area contributed by atoms with E-state index in [1.807, 2.05) is 18.4 Å². The summed E-state index contributed by atoms with van der Waals surface area (Å²) in [6.07, 6.45) is 1.28. The second kappa shape index (κ2) is 3.40. The molecule has 3 heteroatoms. The van der Waals surface area contributed by atoms with E-state index in [0.29, 0.717) is 6.10 Å². The van der Waals surface area contributed by atoms with Crippen molar-refractivity contribution in [2.45, 2.75) is 32.2 Å². The van der Waals surface area contributed by atoms with Gasteiger partial charge in [0.25, 0.3) is 0 Å². The first-order valence-electron chi connectivity index (χ1n) is 4.56. The molecule has 0 amide bonds. The van der Waals surface area contributed by atoms with Crippen LogP contribution >= 0.6 is 11.3 Å². The van der Waals surface area contributed by atoms with E-state index in [-0.39, 0.29) is 0 Å². The average Bonchev–Trinajstić information content (AvgIpc) is 2.55. The van der Waals surface area contributed by atoms with Crippen molar-refractivity contribution in [3.63, 3.8) is 0 Å². The lowest BCUT2D eigenvalue weighted by Crippen LogP contribution is -2.38. The average molecular weight is 198 g/mol. The lowest BCUT2D eigenvalue weighted by molar-refractivity contribution is -0.287. The Morgan fingerprint density at radius 1 is 1.62 bits per heavy atom. The van der Waals surface area contributed by atoms with Gasteiger partial charge in [0.15, 0.2) is 0 Å². The minimum absolute atomic E-state index is 0.292. The Morgan fingerprint density at radius 3 is 3.08 bits per heavy atom. The van der Waals surface area contributed by atoms with Gasteiger partial charge in [0, 0.05) is 0 Å². The Balaban J connectivity index is 2.20. The van der Waals surface area contributed by atoms with Crippen molar-refractivity contribution in [3.8, 4) is 0 Å². The standard InChI is InChI=1S/C10H14O2S/c1-8-5-6-11-10(2,12-8)9-4-3-7-13-9/h3-4,7-8H,5-6H2,1-2H3/t8-,10+/m0/s1. The molecule has 0 aliphatic carbocycles. The second-order valence-corrected chi connectivity index (χ2v) is 4.44. The molecule has 2 atom stereocenters. The van der Waals surface area contributed by atoms with Crippen molar-refractivity contribution >= 4 is 11.3 Å². The summed E-state index contributed by atoms with van der Waals surface area (Å²) >= 11 is 1.68. The molecular weight excluding hydrogens is 184 g/mol. The molecule has 1 aliphatic heterocycles. The van der Waals surface area contributed by atoms with E-state index in [2.05, 4.69) is 13.0 Å². The molecule has 0 saturated carbocycles. The van der Waals surface area contributed by atoms with Crippen molar-refractivity contribution < 1.29 is 9.47 Å². The summed E-state index contributed by atoms with van der Waals surface area (Å²) in [4.78, 5) is 1.15. The third-order valence-electron chi connectivity index (χ3n) is 2.30. The summed E-state index contributed by atoms with van der Waals surface area (Å²) in [6.45, 7) is 4.87. The first-order valence-corrected chi connectivity index (χ1v) is 5.44. The largest absolute Gasteiger partial charge is 0.345 e. The van der Waals surface area contributed by atoms with E-state index in [0.717, 1.165) is 17.9 Å². The van der Waals surface area contributed by atoms with Gasteiger partial charge in [-0.3, -0.25) is 0 Å². The molecular formula is C10H14O2S. The number of hydrogen-bond acceptors (Lipinski definition) is 3. The highest BCUT2D eigenvalue weighted by molar-refractivity contribution is 7.10. The molecule has 1 aliphatic rings. The predicted molar refractivity (Wildman–Crippen MR) is 52.8 cm³/mol. The van der Waals surface area contributed by atoms with Gasteiger partial charge in [-0.05, 0) is 31.7 Å². The Labute approximate surface area is 82.5 Å². The first-order chi connectivity index (χ1) is 6.21. The van der Waals surface area contributed by atoms with Gasteiger partial charge in [-0.15, -0.1) is 11.3 Å². The molecule has 0 unspecified atom stereocenters. The van der Waals surface area contributed by atoms with Crippen LogP contribution in [-0.2, 0) is 15.3 Å². The maximum absolute atomic E-state index is 5.81. The van der Waals surface area contributed by atoms with E-state index in [9.17, 15) is 0 Å². The molecule has 1 aromatic rings. The van der Waals surface area contributed by atoms with Gasteiger partial charge in [0.1, 0.15) is 0 Å². The lowest BCUT2D eigenvalue weighted by Gasteiger charge is -2.36. The van der Waals surface area contributed by atoms with Gasteiger partial charge in [-0.2, -0.15) is 0 Å². The molecule has 2 rings (SSSR count). The molecule has 0 radical (unpaired) electrons. The molecule has 72 valence electrons. The molecule has 0 N–H and O–H groups in total. The predicted octanol–water partition coefficient (Wildman–Crippen LogP) is 2.75. The zero-order chi connectivity index (χ0) is 9.31. The summed E-state index contributed by atoms with van der Waals surface area (Å²) < 4.78 is 11.5. The van der Waals surface area contributed by atoms with Crippen molar-refractivity contribution in [1.29, 1.82) is 0 Å².